The normalized spacial score (nSPS) is 37.2. The van der Waals surface area contributed by atoms with Crippen molar-refractivity contribution in [1.29, 1.82) is 0 Å². The van der Waals surface area contributed by atoms with Gasteiger partial charge in [-0.25, -0.2) is 0 Å². The van der Waals surface area contributed by atoms with Crippen LogP contribution in [0.2, 0.25) is 0 Å². The predicted octanol–water partition coefficient (Wildman–Crippen LogP) is 4.15. The highest BCUT2D eigenvalue weighted by atomic mass is 16.1. The van der Waals surface area contributed by atoms with Gasteiger partial charge in [-0.15, -0.1) is 0 Å². The van der Waals surface area contributed by atoms with E-state index in [1.54, 1.807) is 6.08 Å². The first kappa shape index (κ1) is 19.2. The van der Waals surface area contributed by atoms with Crippen LogP contribution in [0.25, 0.3) is 0 Å². The van der Waals surface area contributed by atoms with Crippen molar-refractivity contribution in [2.45, 2.75) is 84.5 Å². The average molecular weight is 358 g/mol. The minimum absolute atomic E-state index is 0.147. The lowest BCUT2D eigenvalue weighted by molar-refractivity contribution is -0.140. The topological polar surface area (TPSA) is 68.3 Å². The van der Waals surface area contributed by atoms with Crippen molar-refractivity contribution < 1.29 is 19.2 Å². The summed E-state index contributed by atoms with van der Waals surface area (Å²) >= 11 is 0. The number of fused-ring (bicyclic) bond motifs is 2. The Balaban J connectivity index is 0.000000151. The Labute approximate surface area is 155 Å². The summed E-state index contributed by atoms with van der Waals surface area (Å²) in [5.41, 5.74) is 0.651. The van der Waals surface area contributed by atoms with Crippen LogP contribution in [0.5, 0.6) is 0 Å². The van der Waals surface area contributed by atoms with Crippen LogP contribution in [0.3, 0.4) is 0 Å². The van der Waals surface area contributed by atoms with E-state index in [4.69, 9.17) is 0 Å². The number of carbonyl (C=O) groups is 4. The minimum Gasteiger partial charge on any atom is -0.300 e. The smallest absolute Gasteiger partial charge is 0.155 e. The van der Waals surface area contributed by atoms with Crippen molar-refractivity contribution in [2.75, 3.05) is 0 Å². The molecule has 0 aromatic heterocycles. The lowest BCUT2D eigenvalue weighted by Gasteiger charge is -2.42. The summed E-state index contributed by atoms with van der Waals surface area (Å²) < 4.78 is 0. The van der Waals surface area contributed by atoms with Gasteiger partial charge in [-0.05, 0) is 57.4 Å². The molecule has 142 valence electrons. The summed E-state index contributed by atoms with van der Waals surface area (Å²) in [7, 11) is 0. The average Bonchev–Trinajstić information content (AvgIpc) is 2.60. The molecule has 3 unspecified atom stereocenters. The number of ketones is 4. The number of allylic oxidation sites excluding steroid dienone is 2. The van der Waals surface area contributed by atoms with Gasteiger partial charge in [-0.3, -0.25) is 19.2 Å². The van der Waals surface area contributed by atoms with Crippen LogP contribution in [0.15, 0.2) is 11.6 Å². The molecule has 0 heterocycles. The lowest BCUT2D eigenvalue weighted by atomic mass is 9.60. The van der Waals surface area contributed by atoms with E-state index in [0.717, 1.165) is 50.5 Å². The van der Waals surface area contributed by atoms with Crippen LogP contribution in [0, 0.1) is 16.7 Å². The molecule has 26 heavy (non-hydrogen) atoms. The summed E-state index contributed by atoms with van der Waals surface area (Å²) in [6.07, 6.45) is 10.4. The summed E-state index contributed by atoms with van der Waals surface area (Å²) in [6, 6.07) is 0. The Kier molecular flexibility index (Phi) is 5.32. The molecule has 0 bridgehead atoms. The lowest BCUT2D eigenvalue weighted by Crippen LogP contribution is -2.43. The van der Waals surface area contributed by atoms with Crippen LogP contribution in [0.4, 0.5) is 0 Å². The zero-order valence-electron chi connectivity index (χ0n) is 16.1. The van der Waals surface area contributed by atoms with E-state index in [9.17, 15) is 19.2 Å². The Morgan fingerprint density at radius 2 is 1.58 bits per heavy atom. The molecular weight excluding hydrogens is 328 g/mol. The first-order valence-electron chi connectivity index (χ1n) is 10.1. The van der Waals surface area contributed by atoms with Crippen molar-refractivity contribution in [3.05, 3.63) is 11.6 Å². The maximum Gasteiger partial charge on any atom is 0.155 e. The molecule has 0 aromatic rings. The molecule has 4 aliphatic rings. The van der Waals surface area contributed by atoms with E-state index in [2.05, 4.69) is 6.92 Å². The van der Waals surface area contributed by atoms with Gasteiger partial charge < -0.3 is 0 Å². The van der Waals surface area contributed by atoms with Gasteiger partial charge in [0.15, 0.2) is 5.78 Å². The SMILES string of the molecule is CC12CCC(=O)C=C1CCCC2=O.CC12CCC(=O)CC1CCCC2=O. The van der Waals surface area contributed by atoms with Crippen LogP contribution in [-0.4, -0.2) is 23.1 Å². The number of Topliss-reactive ketones (excluding diaryl/α,β-unsaturated/α-hetero) is 3. The van der Waals surface area contributed by atoms with E-state index in [1.165, 1.54) is 0 Å². The highest BCUT2D eigenvalue weighted by Crippen LogP contribution is 2.47. The van der Waals surface area contributed by atoms with Crippen LogP contribution in [0.1, 0.15) is 84.5 Å². The second-order valence-corrected chi connectivity index (χ2v) is 8.92. The van der Waals surface area contributed by atoms with Crippen molar-refractivity contribution in [1.82, 2.24) is 0 Å². The second kappa shape index (κ2) is 7.21. The fourth-order valence-corrected chi connectivity index (χ4v) is 5.13. The molecule has 4 nitrogen and oxygen atoms in total. The number of rotatable bonds is 0. The van der Waals surface area contributed by atoms with Gasteiger partial charge in [-0.1, -0.05) is 12.5 Å². The Morgan fingerprint density at radius 3 is 2.35 bits per heavy atom. The zero-order chi connectivity index (χ0) is 18.9. The molecule has 0 aliphatic heterocycles. The van der Waals surface area contributed by atoms with E-state index >= 15 is 0 Å². The zero-order valence-corrected chi connectivity index (χ0v) is 16.1. The monoisotopic (exact) mass is 358 g/mol. The van der Waals surface area contributed by atoms with Gasteiger partial charge in [0, 0.05) is 42.9 Å². The molecule has 3 fully saturated rings. The molecule has 0 spiro atoms. The van der Waals surface area contributed by atoms with E-state index < -0.39 is 0 Å². The molecule has 0 radical (unpaired) electrons. The van der Waals surface area contributed by atoms with Crippen molar-refractivity contribution in [3.63, 3.8) is 0 Å². The number of hydrogen-bond acceptors (Lipinski definition) is 4. The van der Waals surface area contributed by atoms with Gasteiger partial charge >= 0.3 is 0 Å². The molecule has 3 atom stereocenters. The quantitative estimate of drug-likeness (QED) is 0.652. The van der Waals surface area contributed by atoms with Crippen molar-refractivity contribution in [3.8, 4) is 0 Å². The van der Waals surface area contributed by atoms with Crippen LogP contribution >= 0.6 is 0 Å². The number of hydrogen-bond donors (Lipinski definition) is 0. The summed E-state index contributed by atoms with van der Waals surface area (Å²) in [4.78, 5) is 45.9. The van der Waals surface area contributed by atoms with Crippen LogP contribution < -0.4 is 0 Å². The van der Waals surface area contributed by atoms with E-state index in [1.807, 2.05) is 6.92 Å². The fraction of sp³-hybridized carbons (Fsp3) is 0.727. The molecule has 0 saturated heterocycles. The maximum absolute atomic E-state index is 11.7. The largest absolute Gasteiger partial charge is 0.300 e. The standard InChI is InChI=1S/C11H16O2.C11H14O2/c2*1-11-6-5-9(12)7-8(11)3-2-4-10(11)13/h8H,2-7H2,1H3;7H,2-6H2,1H3. The summed E-state index contributed by atoms with van der Waals surface area (Å²) in [6.45, 7) is 4.05. The molecular formula is C22H30O4. The van der Waals surface area contributed by atoms with Gasteiger partial charge in [-0.2, -0.15) is 0 Å². The van der Waals surface area contributed by atoms with Crippen molar-refractivity contribution in [2.24, 2.45) is 16.7 Å². The third-order valence-corrected chi connectivity index (χ3v) is 7.27. The minimum atomic E-state index is -0.286. The summed E-state index contributed by atoms with van der Waals surface area (Å²) in [5.74, 6) is 1.64. The molecule has 4 rings (SSSR count). The van der Waals surface area contributed by atoms with E-state index in [0.29, 0.717) is 49.0 Å². The van der Waals surface area contributed by atoms with E-state index in [-0.39, 0.29) is 16.6 Å². The molecule has 0 amide bonds. The Morgan fingerprint density at radius 1 is 0.846 bits per heavy atom. The van der Waals surface area contributed by atoms with Crippen LogP contribution in [-0.2, 0) is 19.2 Å². The van der Waals surface area contributed by atoms with Gasteiger partial charge in [0.1, 0.15) is 17.3 Å². The molecule has 4 heteroatoms. The van der Waals surface area contributed by atoms with Gasteiger partial charge in [0.05, 0.1) is 0 Å². The van der Waals surface area contributed by atoms with Gasteiger partial charge in [0.2, 0.25) is 0 Å². The number of carbonyl (C=O) groups excluding carboxylic acids is 4. The highest BCUT2D eigenvalue weighted by molar-refractivity contribution is 5.97. The highest BCUT2D eigenvalue weighted by Gasteiger charge is 2.46. The predicted molar refractivity (Wildman–Crippen MR) is 98.6 cm³/mol. The maximum atomic E-state index is 11.7. The third kappa shape index (κ3) is 3.47. The first-order chi connectivity index (χ1) is 12.3. The molecule has 4 aliphatic carbocycles. The Hall–Kier alpha value is -1.58. The third-order valence-electron chi connectivity index (χ3n) is 7.27. The van der Waals surface area contributed by atoms with Gasteiger partial charge in [0.25, 0.3) is 0 Å². The summed E-state index contributed by atoms with van der Waals surface area (Å²) in [5, 5.41) is 0. The van der Waals surface area contributed by atoms with Crippen molar-refractivity contribution >= 4 is 23.1 Å². The molecule has 3 saturated carbocycles. The Bertz CT molecular complexity index is 674. The second-order valence-electron chi connectivity index (χ2n) is 8.92. The molecule has 0 N–H and O–H groups in total. The molecule has 0 aromatic carbocycles. The first-order valence-corrected chi connectivity index (χ1v) is 10.1. The fourth-order valence-electron chi connectivity index (χ4n) is 5.13.